The van der Waals surface area contributed by atoms with Gasteiger partial charge < -0.3 is 0 Å². The third-order valence-corrected chi connectivity index (χ3v) is 4.24. The minimum atomic E-state index is 0.332. The molecule has 3 rings (SSSR count). The van der Waals surface area contributed by atoms with E-state index in [1.807, 2.05) is 5.01 Å². The van der Waals surface area contributed by atoms with Crippen LogP contribution < -0.4 is 0 Å². The number of nitrogens with zero attached hydrogens (tertiary/aromatic N) is 6. The van der Waals surface area contributed by atoms with E-state index in [0.717, 1.165) is 32.6 Å². The highest BCUT2D eigenvalue weighted by molar-refractivity contribution is 4.79. The van der Waals surface area contributed by atoms with Crippen LogP contribution in [0.25, 0.3) is 0 Å². The van der Waals surface area contributed by atoms with Gasteiger partial charge in [0.25, 0.3) is 0 Å². The first-order valence-corrected chi connectivity index (χ1v) is 7.71. The summed E-state index contributed by atoms with van der Waals surface area (Å²) >= 11 is 0. The average Bonchev–Trinajstić information content (AvgIpc) is 3.16. The molecule has 1 atom stereocenters. The summed E-state index contributed by atoms with van der Waals surface area (Å²) in [5.74, 6) is 0. The summed E-state index contributed by atoms with van der Waals surface area (Å²) < 4.78 is 0. The molecule has 0 radical (unpaired) electrons. The molecule has 2 saturated heterocycles. The molecule has 2 aliphatic heterocycles. The van der Waals surface area contributed by atoms with Gasteiger partial charge in [0.2, 0.25) is 0 Å². The van der Waals surface area contributed by atoms with E-state index in [2.05, 4.69) is 25.7 Å². The van der Waals surface area contributed by atoms with Crippen LogP contribution in [-0.4, -0.2) is 48.3 Å². The van der Waals surface area contributed by atoms with Gasteiger partial charge in [-0.2, -0.15) is 10.2 Å². The van der Waals surface area contributed by atoms with E-state index in [0.29, 0.717) is 12.1 Å². The van der Waals surface area contributed by atoms with Crippen molar-refractivity contribution in [3.63, 3.8) is 0 Å². The Kier molecular flexibility index (Phi) is 4.25. The highest BCUT2D eigenvalue weighted by Crippen LogP contribution is 2.22. The summed E-state index contributed by atoms with van der Waals surface area (Å²) in [6.45, 7) is 3.96. The summed E-state index contributed by atoms with van der Waals surface area (Å²) in [6, 6.07) is 0.832. The van der Waals surface area contributed by atoms with Crippen molar-refractivity contribution >= 4 is 0 Å². The molecule has 1 saturated carbocycles. The lowest BCUT2D eigenvalue weighted by molar-refractivity contribution is 0.248. The summed E-state index contributed by atoms with van der Waals surface area (Å²) in [6.07, 6.45) is 8.67. The van der Waals surface area contributed by atoms with Crippen molar-refractivity contribution in [2.45, 2.75) is 57.0 Å². The molecule has 19 heavy (non-hydrogen) atoms. The highest BCUT2D eigenvalue weighted by atomic mass is 15.7. The van der Waals surface area contributed by atoms with Gasteiger partial charge in [-0.3, -0.25) is 10.0 Å². The fourth-order valence-corrected chi connectivity index (χ4v) is 3.01. The van der Waals surface area contributed by atoms with Crippen LogP contribution in [0.4, 0.5) is 0 Å². The van der Waals surface area contributed by atoms with Gasteiger partial charge in [-0.05, 0) is 32.1 Å². The number of hydrogen-bond acceptors (Lipinski definition) is 4. The third-order valence-electron chi connectivity index (χ3n) is 4.24. The topological polar surface area (TPSA) is 55.9 Å². The molecule has 1 aliphatic carbocycles. The zero-order valence-electron chi connectivity index (χ0n) is 11.6. The Bertz CT molecular complexity index is 298. The maximum absolute atomic E-state index is 4.50. The van der Waals surface area contributed by atoms with Crippen molar-refractivity contribution in [3.8, 4) is 0 Å². The van der Waals surface area contributed by atoms with Gasteiger partial charge in [0.05, 0.1) is 18.6 Å². The molecule has 1 unspecified atom stereocenters. The number of hydrogen-bond donors (Lipinski definition) is 0. The Morgan fingerprint density at radius 2 is 1.32 bits per heavy atom. The molecule has 3 aliphatic rings. The lowest BCUT2D eigenvalue weighted by atomic mass is 10.3. The number of azo groups is 1. The predicted molar refractivity (Wildman–Crippen MR) is 72.8 cm³/mol. The minimum Gasteiger partial charge on any atom is -0.277 e. The van der Waals surface area contributed by atoms with Crippen LogP contribution in [-0.2, 0) is 0 Å². The normalized spacial score (nSPS) is 29.6. The molecule has 0 N–H and O–H groups in total. The van der Waals surface area contributed by atoms with Crippen LogP contribution in [0, 0.1) is 0 Å². The summed E-state index contributed by atoms with van der Waals surface area (Å²) in [5, 5.41) is 21.7. The van der Waals surface area contributed by atoms with E-state index in [-0.39, 0.29) is 0 Å². The second kappa shape index (κ2) is 6.30. The SMILES string of the molecule is C1CCC(N=NC2CCN(N=NN3CCCC3)C2)C1. The van der Waals surface area contributed by atoms with Crippen molar-refractivity contribution in [3.05, 3.63) is 0 Å². The molecule has 0 aromatic rings. The largest absolute Gasteiger partial charge is 0.277 e. The third kappa shape index (κ3) is 3.64. The zero-order chi connectivity index (χ0) is 12.9. The second-order valence-corrected chi connectivity index (χ2v) is 5.86. The fourth-order valence-electron chi connectivity index (χ4n) is 3.01. The Morgan fingerprint density at radius 3 is 2.11 bits per heavy atom. The average molecular weight is 264 g/mol. The standard InChI is InChI=1S/C13H24N6/c1-2-6-12(5-1)14-15-13-7-10-19(11-13)17-16-18-8-3-4-9-18/h12-13H,1-11H2. The van der Waals surface area contributed by atoms with Crippen molar-refractivity contribution in [2.24, 2.45) is 20.7 Å². The first-order chi connectivity index (χ1) is 9.40. The van der Waals surface area contributed by atoms with Gasteiger partial charge in [-0.25, -0.2) is 0 Å². The quantitative estimate of drug-likeness (QED) is 0.733. The second-order valence-electron chi connectivity index (χ2n) is 5.86. The summed E-state index contributed by atoms with van der Waals surface area (Å²) in [4.78, 5) is 0. The van der Waals surface area contributed by atoms with Crippen molar-refractivity contribution in [1.82, 2.24) is 10.0 Å². The maximum Gasteiger partial charge on any atom is 0.0917 e. The van der Waals surface area contributed by atoms with Crippen molar-refractivity contribution in [2.75, 3.05) is 26.2 Å². The molecule has 0 spiro atoms. The van der Waals surface area contributed by atoms with Crippen LogP contribution in [0.3, 0.4) is 0 Å². The molecule has 6 heteroatoms. The van der Waals surface area contributed by atoms with Crippen molar-refractivity contribution in [1.29, 1.82) is 0 Å². The van der Waals surface area contributed by atoms with Crippen LogP contribution in [0.2, 0.25) is 0 Å². The van der Waals surface area contributed by atoms with Crippen LogP contribution in [0.1, 0.15) is 44.9 Å². The minimum absolute atomic E-state index is 0.332. The Labute approximate surface area is 114 Å². The molecular formula is C13H24N6. The van der Waals surface area contributed by atoms with Gasteiger partial charge in [-0.15, -0.1) is 0 Å². The van der Waals surface area contributed by atoms with Crippen LogP contribution in [0.15, 0.2) is 20.7 Å². The van der Waals surface area contributed by atoms with Crippen LogP contribution >= 0.6 is 0 Å². The van der Waals surface area contributed by atoms with Gasteiger partial charge in [0.1, 0.15) is 0 Å². The smallest absolute Gasteiger partial charge is 0.0917 e. The first-order valence-electron chi connectivity index (χ1n) is 7.71. The van der Waals surface area contributed by atoms with Gasteiger partial charge in [0.15, 0.2) is 0 Å². The van der Waals surface area contributed by atoms with E-state index in [4.69, 9.17) is 0 Å². The monoisotopic (exact) mass is 264 g/mol. The van der Waals surface area contributed by atoms with Gasteiger partial charge >= 0.3 is 0 Å². The molecule has 2 heterocycles. The molecule has 0 amide bonds. The zero-order valence-corrected chi connectivity index (χ0v) is 11.6. The molecule has 0 aromatic carbocycles. The molecule has 6 nitrogen and oxygen atoms in total. The summed E-state index contributed by atoms with van der Waals surface area (Å²) in [7, 11) is 0. The molecule has 0 bridgehead atoms. The lowest BCUT2D eigenvalue weighted by Gasteiger charge is -2.12. The first kappa shape index (κ1) is 12.8. The Morgan fingerprint density at radius 1 is 0.632 bits per heavy atom. The molecular weight excluding hydrogens is 240 g/mol. The molecule has 3 fully saturated rings. The van der Waals surface area contributed by atoms with E-state index in [1.54, 1.807) is 0 Å². The van der Waals surface area contributed by atoms with E-state index >= 15 is 0 Å². The van der Waals surface area contributed by atoms with Crippen LogP contribution in [0.5, 0.6) is 0 Å². The maximum atomic E-state index is 4.50. The van der Waals surface area contributed by atoms with Gasteiger partial charge in [0, 0.05) is 19.6 Å². The van der Waals surface area contributed by atoms with E-state index < -0.39 is 0 Å². The Hall–Kier alpha value is -1.20. The Balaban J connectivity index is 1.41. The van der Waals surface area contributed by atoms with E-state index in [1.165, 1.54) is 38.5 Å². The van der Waals surface area contributed by atoms with E-state index in [9.17, 15) is 0 Å². The molecule has 106 valence electrons. The predicted octanol–water partition coefficient (Wildman–Crippen LogP) is 2.83. The highest BCUT2D eigenvalue weighted by Gasteiger charge is 2.22. The molecule has 0 aromatic heterocycles. The van der Waals surface area contributed by atoms with Crippen molar-refractivity contribution < 1.29 is 0 Å². The number of rotatable bonds is 4. The lowest BCUT2D eigenvalue weighted by Crippen LogP contribution is -2.17. The summed E-state index contributed by atoms with van der Waals surface area (Å²) in [5.41, 5.74) is 0. The fraction of sp³-hybridized carbons (Fsp3) is 1.00. The van der Waals surface area contributed by atoms with Gasteiger partial charge in [-0.1, -0.05) is 23.3 Å².